The third kappa shape index (κ3) is 6.72. The highest BCUT2D eigenvalue weighted by Gasteiger charge is 2.31. The zero-order chi connectivity index (χ0) is 24.5. The molecule has 0 radical (unpaired) electrons. The van der Waals surface area contributed by atoms with Crippen molar-refractivity contribution in [2.75, 3.05) is 33.4 Å². The number of aliphatic hydroxyl groups is 3. The van der Waals surface area contributed by atoms with Gasteiger partial charge in [-0.1, -0.05) is 36.2 Å². The molecule has 4 rings (SSSR count). The van der Waals surface area contributed by atoms with E-state index in [0.717, 1.165) is 42.1 Å². The van der Waals surface area contributed by atoms with Crippen molar-refractivity contribution in [1.29, 1.82) is 0 Å². The zero-order valence-corrected chi connectivity index (χ0v) is 21.0. The number of hydrogen-bond acceptors (Lipinski definition) is 6. The second-order valence-electron chi connectivity index (χ2n) is 8.84. The van der Waals surface area contributed by atoms with E-state index in [1.165, 1.54) is 24.8 Å². The summed E-state index contributed by atoms with van der Waals surface area (Å²) in [6.07, 6.45) is 3.54. The summed E-state index contributed by atoms with van der Waals surface area (Å²) in [5.74, 6) is 0.869. The van der Waals surface area contributed by atoms with E-state index >= 15 is 0 Å². The fourth-order valence-electron chi connectivity index (χ4n) is 4.97. The molecule has 2 fully saturated rings. The van der Waals surface area contributed by atoms with Crippen molar-refractivity contribution in [3.63, 3.8) is 0 Å². The monoisotopic (exact) mass is 491 g/mol. The lowest BCUT2D eigenvalue weighted by atomic mass is 9.90. The molecule has 0 bridgehead atoms. The summed E-state index contributed by atoms with van der Waals surface area (Å²) in [6.45, 7) is 4.61. The normalized spacial score (nSPS) is 24.1. The molecular formula is C27H38ClNO5. The molecule has 6 nitrogen and oxygen atoms in total. The van der Waals surface area contributed by atoms with Crippen LogP contribution < -0.4 is 4.74 Å². The van der Waals surface area contributed by atoms with E-state index in [9.17, 15) is 10.2 Å². The Morgan fingerprint density at radius 2 is 1.76 bits per heavy atom. The van der Waals surface area contributed by atoms with Gasteiger partial charge < -0.3 is 24.8 Å². The maximum atomic E-state index is 10.3. The van der Waals surface area contributed by atoms with Gasteiger partial charge in [-0.3, -0.25) is 4.90 Å². The van der Waals surface area contributed by atoms with Crippen LogP contribution in [0.15, 0.2) is 42.5 Å². The number of rotatable bonds is 7. The van der Waals surface area contributed by atoms with Gasteiger partial charge in [-0.15, -0.1) is 0 Å². The van der Waals surface area contributed by atoms with Crippen molar-refractivity contribution < 1.29 is 24.8 Å². The summed E-state index contributed by atoms with van der Waals surface area (Å²) in [4.78, 5) is 2.51. The molecule has 188 valence electrons. The van der Waals surface area contributed by atoms with Crippen LogP contribution in [0.5, 0.6) is 5.75 Å². The number of aliphatic hydroxyl groups excluding tert-OH is 3. The van der Waals surface area contributed by atoms with E-state index in [2.05, 4.69) is 23.1 Å². The maximum absolute atomic E-state index is 10.3. The van der Waals surface area contributed by atoms with Crippen LogP contribution in [0, 0.1) is 0 Å². The summed E-state index contributed by atoms with van der Waals surface area (Å²) < 4.78 is 11.7. The van der Waals surface area contributed by atoms with Crippen LogP contribution in [-0.2, 0) is 4.74 Å². The summed E-state index contributed by atoms with van der Waals surface area (Å²) >= 11 is 6.78. The van der Waals surface area contributed by atoms with Crippen LogP contribution in [-0.4, -0.2) is 65.8 Å². The van der Waals surface area contributed by atoms with Crippen LogP contribution in [0.25, 0.3) is 0 Å². The minimum absolute atomic E-state index is 0.0422. The van der Waals surface area contributed by atoms with E-state index in [1.54, 1.807) is 0 Å². The van der Waals surface area contributed by atoms with E-state index in [1.807, 2.05) is 31.2 Å². The van der Waals surface area contributed by atoms with E-state index in [0.29, 0.717) is 19.4 Å². The third-order valence-electron chi connectivity index (χ3n) is 6.53. The lowest BCUT2D eigenvalue weighted by Crippen LogP contribution is -2.35. The van der Waals surface area contributed by atoms with Gasteiger partial charge in [-0.25, -0.2) is 0 Å². The standard InChI is InChI=1S/C26H34ClNO4.CH4O/c1-2-31-21-9-6-18(7-10-21)26(28-12-4-3-5-13-28)23-14-19(8-11-24(23)27)25-16-20(30)15-22(17-29)32-25;1-2/h6-11,14,20,22,25-26,29-30H,2-5,12-13,15-17H2,1H3;2H,1H3. The molecule has 0 aliphatic carbocycles. The Morgan fingerprint density at radius 3 is 2.41 bits per heavy atom. The number of piperidine rings is 1. The van der Waals surface area contributed by atoms with Gasteiger partial charge in [0.2, 0.25) is 0 Å². The van der Waals surface area contributed by atoms with Gasteiger partial charge in [-0.05, 0) is 73.8 Å². The van der Waals surface area contributed by atoms with Crippen LogP contribution in [0.2, 0.25) is 5.02 Å². The Labute approximate surface area is 208 Å². The first-order valence-electron chi connectivity index (χ1n) is 12.2. The maximum Gasteiger partial charge on any atom is 0.119 e. The van der Waals surface area contributed by atoms with Crippen molar-refractivity contribution in [2.24, 2.45) is 0 Å². The number of halogens is 1. The number of benzene rings is 2. The van der Waals surface area contributed by atoms with Crippen molar-refractivity contribution in [2.45, 2.75) is 63.4 Å². The second kappa shape index (κ2) is 13.4. The molecule has 4 unspecified atom stereocenters. The lowest BCUT2D eigenvalue weighted by molar-refractivity contribution is -0.113. The lowest BCUT2D eigenvalue weighted by Gasteiger charge is -2.37. The molecule has 2 aliphatic rings. The number of hydrogen-bond donors (Lipinski definition) is 3. The van der Waals surface area contributed by atoms with Crippen molar-refractivity contribution in [1.82, 2.24) is 4.90 Å². The summed E-state index contributed by atoms with van der Waals surface area (Å²) in [5, 5.41) is 27.6. The fourth-order valence-corrected chi connectivity index (χ4v) is 5.19. The van der Waals surface area contributed by atoms with Crippen molar-refractivity contribution in [3.8, 4) is 5.75 Å². The molecule has 0 spiro atoms. The molecule has 7 heteroatoms. The molecule has 2 saturated heterocycles. The predicted octanol–water partition coefficient (Wildman–Crippen LogP) is 4.50. The minimum Gasteiger partial charge on any atom is -0.494 e. The third-order valence-corrected chi connectivity index (χ3v) is 6.87. The zero-order valence-electron chi connectivity index (χ0n) is 20.2. The first-order chi connectivity index (χ1) is 16.6. The highest BCUT2D eigenvalue weighted by atomic mass is 35.5. The van der Waals surface area contributed by atoms with Gasteiger partial charge in [0.15, 0.2) is 0 Å². The van der Waals surface area contributed by atoms with Gasteiger partial charge in [0, 0.05) is 25.0 Å². The number of nitrogens with zero attached hydrogens (tertiary/aromatic N) is 1. The van der Waals surface area contributed by atoms with Crippen LogP contribution in [0.4, 0.5) is 0 Å². The Balaban J connectivity index is 0.00000158. The molecule has 2 heterocycles. The second-order valence-corrected chi connectivity index (χ2v) is 9.24. The summed E-state index contributed by atoms with van der Waals surface area (Å²) in [7, 11) is 1.00. The molecule has 2 aliphatic heterocycles. The Morgan fingerprint density at radius 1 is 1.06 bits per heavy atom. The Hall–Kier alpha value is -1.67. The molecule has 2 aromatic carbocycles. The number of likely N-dealkylation sites (tertiary alicyclic amines) is 1. The Kier molecular flexibility index (Phi) is 10.6. The molecule has 2 aromatic rings. The average Bonchev–Trinajstić information content (AvgIpc) is 2.88. The molecule has 0 amide bonds. The first kappa shape index (κ1) is 26.9. The Bertz CT molecular complexity index is 872. The van der Waals surface area contributed by atoms with E-state index < -0.39 is 6.10 Å². The van der Waals surface area contributed by atoms with Gasteiger partial charge >= 0.3 is 0 Å². The topological polar surface area (TPSA) is 82.4 Å². The smallest absolute Gasteiger partial charge is 0.119 e. The quantitative estimate of drug-likeness (QED) is 0.529. The van der Waals surface area contributed by atoms with Gasteiger partial charge in [0.1, 0.15) is 5.75 Å². The SMILES string of the molecule is CCOc1ccc(C(c2cc(C3CC(O)CC(CO)O3)ccc2Cl)N2CCCCC2)cc1.CO. The highest BCUT2D eigenvalue weighted by Crippen LogP contribution is 2.39. The predicted molar refractivity (Wildman–Crippen MR) is 134 cm³/mol. The molecule has 3 N–H and O–H groups in total. The molecule has 0 saturated carbocycles. The fraction of sp³-hybridized carbons (Fsp3) is 0.556. The molecule has 34 heavy (non-hydrogen) atoms. The molecule has 0 aromatic heterocycles. The van der Waals surface area contributed by atoms with Crippen LogP contribution in [0.3, 0.4) is 0 Å². The van der Waals surface area contributed by atoms with E-state index in [-0.39, 0.29) is 24.9 Å². The summed E-state index contributed by atoms with van der Waals surface area (Å²) in [6, 6.07) is 14.4. The molecule has 4 atom stereocenters. The highest BCUT2D eigenvalue weighted by molar-refractivity contribution is 6.31. The summed E-state index contributed by atoms with van der Waals surface area (Å²) in [5.41, 5.74) is 3.24. The number of ether oxygens (including phenoxy) is 2. The largest absolute Gasteiger partial charge is 0.494 e. The molecular weight excluding hydrogens is 454 g/mol. The van der Waals surface area contributed by atoms with Gasteiger partial charge in [0.05, 0.1) is 37.6 Å². The van der Waals surface area contributed by atoms with Crippen molar-refractivity contribution >= 4 is 11.6 Å². The van der Waals surface area contributed by atoms with Crippen LogP contribution >= 0.6 is 11.6 Å². The van der Waals surface area contributed by atoms with Crippen molar-refractivity contribution in [3.05, 3.63) is 64.2 Å². The average molecular weight is 492 g/mol. The van der Waals surface area contributed by atoms with Gasteiger partial charge in [-0.2, -0.15) is 0 Å². The van der Waals surface area contributed by atoms with E-state index in [4.69, 9.17) is 26.2 Å². The van der Waals surface area contributed by atoms with Gasteiger partial charge in [0.25, 0.3) is 0 Å². The van der Waals surface area contributed by atoms with Crippen LogP contribution in [0.1, 0.15) is 67.9 Å². The first-order valence-corrected chi connectivity index (χ1v) is 12.6. The minimum atomic E-state index is -0.478.